The molecule has 1 rings (SSSR count). The van der Waals surface area contributed by atoms with Crippen molar-refractivity contribution in [3.05, 3.63) is 0 Å². The van der Waals surface area contributed by atoms with Crippen LogP contribution in [0, 0.1) is 16.7 Å². The Labute approximate surface area is 136 Å². The zero-order chi connectivity index (χ0) is 15.8. The van der Waals surface area contributed by atoms with Gasteiger partial charge in [0.15, 0.2) is 0 Å². The predicted octanol–water partition coefficient (Wildman–Crippen LogP) is 6.94. The Morgan fingerprint density at radius 2 is 1.52 bits per heavy atom. The maximum Gasteiger partial charge on any atom is 0.0653 e. The third kappa shape index (κ3) is 8.31. The standard InChI is InChI=1S/C20H39B/c1-18-11-9-13-19(2,3)12-7-5-6-8-14-20(4,17-18)15-10-16-21/h18H,5-17H2,1-4H3. The van der Waals surface area contributed by atoms with Gasteiger partial charge < -0.3 is 0 Å². The van der Waals surface area contributed by atoms with E-state index in [1.54, 1.807) is 0 Å². The lowest BCUT2D eigenvalue weighted by Gasteiger charge is -2.33. The topological polar surface area (TPSA) is 0 Å². The van der Waals surface area contributed by atoms with Gasteiger partial charge in [0.05, 0.1) is 7.85 Å². The molecule has 1 heteroatoms. The highest BCUT2D eigenvalue weighted by Crippen LogP contribution is 2.40. The summed E-state index contributed by atoms with van der Waals surface area (Å²) in [7, 11) is 5.76. The van der Waals surface area contributed by atoms with E-state index < -0.39 is 0 Å². The fraction of sp³-hybridized carbons (Fsp3) is 1.00. The molecule has 122 valence electrons. The van der Waals surface area contributed by atoms with Gasteiger partial charge in [-0.25, -0.2) is 0 Å². The van der Waals surface area contributed by atoms with E-state index >= 15 is 0 Å². The molecule has 1 aliphatic carbocycles. The lowest BCUT2D eigenvalue weighted by Crippen LogP contribution is -2.20. The molecule has 0 heterocycles. The van der Waals surface area contributed by atoms with Crippen molar-refractivity contribution >= 4 is 7.85 Å². The van der Waals surface area contributed by atoms with Crippen LogP contribution in [0.3, 0.4) is 0 Å². The summed E-state index contributed by atoms with van der Waals surface area (Å²) in [4.78, 5) is 0. The number of rotatable bonds is 3. The molecule has 1 saturated carbocycles. The molecular formula is C20H39B. The van der Waals surface area contributed by atoms with Gasteiger partial charge in [-0.2, -0.15) is 0 Å². The first kappa shape index (κ1) is 19.1. The molecule has 0 aromatic rings. The second kappa shape index (κ2) is 9.26. The van der Waals surface area contributed by atoms with Crippen LogP contribution in [0.25, 0.3) is 0 Å². The van der Waals surface area contributed by atoms with E-state index in [2.05, 4.69) is 27.7 Å². The summed E-state index contributed by atoms with van der Waals surface area (Å²) in [5, 5.41) is 0. The number of hydrogen-bond acceptors (Lipinski definition) is 0. The molecule has 1 aliphatic rings. The monoisotopic (exact) mass is 290 g/mol. The van der Waals surface area contributed by atoms with Crippen molar-refractivity contribution in [2.24, 2.45) is 16.7 Å². The highest BCUT2D eigenvalue weighted by Gasteiger charge is 2.26. The zero-order valence-electron chi connectivity index (χ0n) is 15.3. The normalized spacial score (nSPS) is 32.7. The maximum atomic E-state index is 5.76. The first-order valence-corrected chi connectivity index (χ1v) is 9.57. The predicted molar refractivity (Wildman–Crippen MR) is 97.0 cm³/mol. The van der Waals surface area contributed by atoms with E-state index in [1.807, 2.05) is 0 Å². The average molecular weight is 290 g/mol. The SMILES string of the molecule is [B]CCCC1(C)CCCCCCC(C)(C)CCCC(C)C1. The van der Waals surface area contributed by atoms with Crippen LogP contribution in [-0.4, -0.2) is 7.85 Å². The van der Waals surface area contributed by atoms with E-state index in [0.717, 1.165) is 12.2 Å². The van der Waals surface area contributed by atoms with Gasteiger partial charge in [-0.15, -0.1) is 0 Å². The molecule has 2 atom stereocenters. The molecule has 21 heavy (non-hydrogen) atoms. The molecular weight excluding hydrogens is 251 g/mol. The van der Waals surface area contributed by atoms with Crippen molar-refractivity contribution in [3.63, 3.8) is 0 Å². The van der Waals surface area contributed by atoms with E-state index in [1.165, 1.54) is 77.0 Å². The molecule has 0 spiro atoms. The number of hydrogen-bond donors (Lipinski definition) is 0. The van der Waals surface area contributed by atoms with Crippen molar-refractivity contribution in [3.8, 4) is 0 Å². The van der Waals surface area contributed by atoms with Crippen molar-refractivity contribution in [1.29, 1.82) is 0 Å². The van der Waals surface area contributed by atoms with Crippen LogP contribution in [-0.2, 0) is 0 Å². The fourth-order valence-electron chi connectivity index (χ4n) is 4.36. The first-order valence-electron chi connectivity index (χ1n) is 9.57. The molecule has 2 unspecified atom stereocenters. The first-order chi connectivity index (χ1) is 9.87. The zero-order valence-corrected chi connectivity index (χ0v) is 15.3. The van der Waals surface area contributed by atoms with Crippen LogP contribution in [0.1, 0.15) is 105 Å². The minimum Gasteiger partial charge on any atom is -0.0887 e. The molecule has 0 aliphatic heterocycles. The molecule has 0 bridgehead atoms. The largest absolute Gasteiger partial charge is 0.0887 e. The van der Waals surface area contributed by atoms with Gasteiger partial charge in [0.1, 0.15) is 0 Å². The molecule has 1 fully saturated rings. The van der Waals surface area contributed by atoms with Crippen molar-refractivity contribution in [2.45, 2.75) is 111 Å². The molecule has 0 nitrogen and oxygen atoms in total. The van der Waals surface area contributed by atoms with Gasteiger partial charge in [0.2, 0.25) is 0 Å². The molecule has 0 aromatic heterocycles. The average Bonchev–Trinajstić information content (AvgIpc) is 2.40. The van der Waals surface area contributed by atoms with Crippen LogP contribution in [0.5, 0.6) is 0 Å². The summed E-state index contributed by atoms with van der Waals surface area (Å²) in [5.41, 5.74) is 1.11. The van der Waals surface area contributed by atoms with E-state index in [0.29, 0.717) is 10.8 Å². The lowest BCUT2D eigenvalue weighted by atomic mass is 9.72. The Morgan fingerprint density at radius 3 is 2.19 bits per heavy atom. The van der Waals surface area contributed by atoms with E-state index in [-0.39, 0.29) is 0 Å². The van der Waals surface area contributed by atoms with Crippen molar-refractivity contribution in [2.75, 3.05) is 0 Å². The second-order valence-corrected chi connectivity index (χ2v) is 8.98. The van der Waals surface area contributed by atoms with Crippen molar-refractivity contribution < 1.29 is 0 Å². The van der Waals surface area contributed by atoms with Crippen LogP contribution in [0.15, 0.2) is 0 Å². The van der Waals surface area contributed by atoms with Crippen LogP contribution < -0.4 is 0 Å². The highest BCUT2D eigenvalue weighted by atomic mass is 14.3. The Kier molecular flexibility index (Phi) is 8.43. The van der Waals surface area contributed by atoms with Gasteiger partial charge in [-0.05, 0) is 48.9 Å². The smallest absolute Gasteiger partial charge is 0.0653 e. The Hall–Kier alpha value is 0.0649. The summed E-state index contributed by atoms with van der Waals surface area (Å²) in [5.74, 6) is 0.879. The van der Waals surface area contributed by atoms with Crippen LogP contribution in [0.2, 0.25) is 6.32 Å². The summed E-state index contributed by atoms with van der Waals surface area (Å²) >= 11 is 0. The maximum absolute atomic E-state index is 5.76. The fourth-order valence-corrected chi connectivity index (χ4v) is 4.36. The van der Waals surface area contributed by atoms with Gasteiger partial charge in [0, 0.05) is 0 Å². The summed E-state index contributed by atoms with van der Waals surface area (Å²) in [6, 6.07) is 0. The van der Waals surface area contributed by atoms with Gasteiger partial charge >= 0.3 is 0 Å². The molecule has 0 saturated heterocycles. The lowest BCUT2D eigenvalue weighted by molar-refractivity contribution is 0.193. The van der Waals surface area contributed by atoms with E-state index in [4.69, 9.17) is 7.85 Å². The summed E-state index contributed by atoms with van der Waals surface area (Å²) < 4.78 is 0. The van der Waals surface area contributed by atoms with Gasteiger partial charge in [-0.1, -0.05) is 79.0 Å². The summed E-state index contributed by atoms with van der Waals surface area (Å²) in [6.45, 7) is 9.96. The Bertz CT molecular complexity index is 271. The molecule has 0 amide bonds. The van der Waals surface area contributed by atoms with Crippen molar-refractivity contribution in [1.82, 2.24) is 0 Å². The minimum atomic E-state index is 0.544. The van der Waals surface area contributed by atoms with Crippen LogP contribution in [0.4, 0.5) is 0 Å². The minimum absolute atomic E-state index is 0.544. The van der Waals surface area contributed by atoms with Crippen LogP contribution >= 0.6 is 0 Å². The van der Waals surface area contributed by atoms with Gasteiger partial charge in [0.25, 0.3) is 0 Å². The Balaban J connectivity index is 2.59. The molecule has 0 N–H and O–H groups in total. The second-order valence-electron chi connectivity index (χ2n) is 8.98. The quantitative estimate of drug-likeness (QED) is 0.494. The molecule has 0 aromatic carbocycles. The third-order valence-corrected chi connectivity index (χ3v) is 5.76. The van der Waals surface area contributed by atoms with E-state index in [9.17, 15) is 0 Å². The molecule has 2 radical (unpaired) electrons. The third-order valence-electron chi connectivity index (χ3n) is 5.76. The Morgan fingerprint density at radius 1 is 0.905 bits per heavy atom. The van der Waals surface area contributed by atoms with Gasteiger partial charge in [-0.3, -0.25) is 0 Å². The highest BCUT2D eigenvalue weighted by molar-refractivity contribution is 6.08. The summed E-state index contributed by atoms with van der Waals surface area (Å²) in [6.07, 6.45) is 17.6.